The van der Waals surface area contributed by atoms with Crippen molar-refractivity contribution in [2.24, 2.45) is 23.7 Å². The standard InChI is InChI=1S/C28H42N2O5.C3H4O.C2H4O.2C2H6/c1-4-27(31)34-18-23-8-6-21(7-9-23)16-29-25-14-5-20(2)26(15-25)30-28(32)35-19-24-12-10-22(11-13-24)17-33-3;1-2-3-4;1-2-3;2*1-2/h4-5,14-15,21-24,29H,1,6-13,16-19H2,2-3H3,(H,30,32);2-3H,1H2;2H,1H3;2*1-2H3. The Morgan fingerprint density at radius 2 is 1.28 bits per heavy atom. The Bertz CT molecular complexity index is 960. The highest BCUT2D eigenvalue weighted by Crippen LogP contribution is 2.31. The maximum Gasteiger partial charge on any atom is 0.411 e. The molecule has 9 nitrogen and oxygen atoms in total. The van der Waals surface area contributed by atoms with E-state index in [0.717, 1.165) is 87.7 Å². The summed E-state index contributed by atoms with van der Waals surface area (Å²) in [5.74, 6) is 1.76. The lowest BCUT2D eigenvalue weighted by atomic mass is 9.82. The number of benzene rings is 1. The lowest BCUT2D eigenvalue weighted by molar-refractivity contribution is -0.139. The van der Waals surface area contributed by atoms with Crippen LogP contribution < -0.4 is 10.6 Å². The van der Waals surface area contributed by atoms with Gasteiger partial charge in [0, 0.05) is 37.7 Å². The molecular formula is C37H62N2O7. The number of carbonyl (C=O) groups excluding carboxylic acids is 4. The monoisotopic (exact) mass is 646 g/mol. The molecule has 46 heavy (non-hydrogen) atoms. The van der Waals surface area contributed by atoms with E-state index >= 15 is 0 Å². The molecule has 0 saturated heterocycles. The Balaban J connectivity index is 0. The molecule has 0 unspecified atom stereocenters. The van der Waals surface area contributed by atoms with Gasteiger partial charge < -0.3 is 24.3 Å². The molecule has 0 aromatic heterocycles. The van der Waals surface area contributed by atoms with Crippen LogP contribution in [-0.2, 0) is 28.6 Å². The first-order chi connectivity index (χ1) is 22.3. The van der Waals surface area contributed by atoms with Crippen molar-refractivity contribution in [2.45, 2.75) is 92.9 Å². The second kappa shape index (κ2) is 30.2. The van der Waals surface area contributed by atoms with Gasteiger partial charge in [0.2, 0.25) is 0 Å². The van der Waals surface area contributed by atoms with Crippen molar-refractivity contribution < 1.29 is 33.4 Å². The van der Waals surface area contributed by atoms with E-state index in [4.69, 9.17) is 23.8 Å². The highest BCUT2D eigenvalue weighted by Gasteiger charge is 2.23. The van der Waals surface area contributed by atoms with Gasteiger partial charge in [-0.05, 0) is 113 Å². The summed E-state index contributed by atoms with van der Waals surface area (Å²) in [4.78, 5) is 41.5. The van der Waals surface area contributed by atoms with Crippen LogP contribution in [0.25, 0.3) is 0 Å². The van der Waals surface area contributed by atoms with E-state index in [-0.39, 0.29) is 12.1 Å². The number of ether oxygens (including phenoxy) is 3. The van der Waals surface area contributed by atoms with Gasteiger partial charge in [0.25, 0.3) is 0 Å². The maximum atomic E-state index is 12.4. The molecule has 0 bridgehead atoms. The summed E-state index contributed by atoms with van der Waals surface area (Å²) >= 11 is 0. The van der Waals surface area contributed by atoms with Crippen LogP contribution in [0.2, 0.25) is 0 Å². The van der Waals surface area contributed by atoms with Crippen LogP contribution in [0.15, 0.2) is 43.5 Å². The Morgan fingerprint density at radius 3 is 1.74 bits per heavy atom. The van der Waals surface area contributed by atoms with Crippen LogP contribution in [0.4, 0.5) is 16.2 Å². The first kappa shape index (κ1) is 44.7. The predicted octanol–water partition coefficient (Wildman–Crippen LogP) is 8.57. The van der Waals surface area contributed by atoms with Crippen LogP contribution in [0.5, 0.6) is 0 Å². The number of carbonyl (C=O) groups is 4. The van der Waals surface area contributed by atoms with Crippen molar-refractivity contribution in [1.29, 1.82) is 0 Å². The molecule has 2 saturated carbocycles. The van der Waals surface area contributed by atoms with Crippen molar-refractivity contribution in [3.05, 3.63) is 49.1 Å². The van der Waals surface area contributed by atoms with Crippen molar-refractivity contribution in [2.75, 3.05) is 44.1 Å². The number of esters is 1. The molecule has 0 heterocycles. The van der Waals surface area contributed by atoms with E-state index in [1.54, 1.807) is 7.11 Å². The number of nitrogens with one attached hydrogen (secondary N) is 2. The molecule has 262 valence electrons. The fraction of sp³-hybridized carbons (Fsp3) is 0.622. The Hall–Kier alpha value is -3.46. The molecular weight excluding hydrogens is 584 g/mol. The molecule has 2 fully saturated rings. The molecule has 0 radical (unpaired) electrons. The minimum absolute atomic E-state index is 0.341. The predicted molar refractivity (Wildman–Crippen MR) is 189 cm³/mol. The largest absolute Gasteiger partial charge is 0.462 e. The van der Waals surface area contributed by atoms with Gasteiger partial charge in [-0.15, -0.1) is 0 Å². The van der Waals surface area contributed by atoms with E-state index in [1.165, 1.54) is 19.1 Å². The minimum atomic E-state index is -0.389. The zero-order valence-corrected chi connectivity index (χ0v) is 29.6. The van der Waals surface area contributed by atoms with Gasteiger partial charge >= 0.3 is 12.1 Å². The molecule has 2 aliphatic carbocycles. The highest BCUT2D eigenvalue weighted by molar-refractivity contribution is 5.86. The fourth-order valence-electron chi connectivity index (χ4n) is 5.13. The van der Waals surface area contributed by atoms with E-state index in [0.29, 0.717) is 43.2 Å². The molecule has 2 aliphatic rings. The number of hydrogen-bond acceptors (Lipinski definition) is 8. The average molecular weight is 647 g/mol. The molecule has 2 N–H and O–H groups in total. The van der Waals surface area contributed by atoms with Crippen molar-refractivity contribution in [1.82, 2.24) is 0 Å². The SMILES string of the molecule is C=CC(=O)OCC1CCC(CNc2ccc(C)c(NC(=O)OCC3CCC(COC)CC3)c2)CC1.C=CC=O.CC.CC.CC=O. The molecule has 0 atom stereocenters. The normalized spacial score (nSPS) is 19.5. The third-order valence-corrected chi connectivity index (χ3v) is 7.58. The molecule has 1 aromatic carbocycles. The van der Waals surface area contributed by atoms with Gasteiger partial charge in [-0.2, -0.15) is 0 Å². The highest BCUT2D eigenvalue weighted by atomic mass is 16.5. The van der Waals surface area contributed by atoms with Gasteiger partial charge in [-0.1, -0.05) is 46.9 Å². The second-order valence-electron chi connectivity index (χ2n) is 10.8. The number of rotatable bonds is 12. The summed E-state index contributed by atoms with van der Waals surface area (Å²) in [6.07, 6.45) is 12.2. The lowest BCUT2D eigenvalue weighted by Gasteiger charge is -2.28. The quantitative estimate of drug-likeness (QED) is 0.132. The third kappa shape index (κ3) is 21.3. The number of amides is 1. The molecule has 1 aromatic rings. The number of aryl methyl sites for hydroxylation is 1. The summed E-state index contributed by atoms with van der Waals surface area (Å²) < 4.78 is 16.0. The topological polar surface area (TPSA) is 120 Å². The van der Waals surface area contributed by atoms with Gasteiger partial charge in [-0.25, -0.2) is 9.59 Å². The van der Waals surface area contributed by atoms with Crippen LogP contribution in [-0.4, -0.2) is 58.1 Å². The number of allylic oxidation sites excluding steroid dienone is 1. The summed E-state index contributed by atoms with van der Waals surface area (Å²) in [5, 5.41) is 6.45. The van der Waals surface area contributed by atoms with Crippen molar-refractivity contribution >= 4 is 36.0 Å². The lowest BCUT2D eigenvalue weighted by Crippen LogP contribution is -2.24. The molecule has 3 rings (SSSR count). The Morgan fingerprint density at radius 1 is 0.826 bits per heavy atom. The Kier molecular flexibility index (Phi) is 29.3. The van der Waals surface area contributed by atoms with Gasteiger partial charge in [0.1, 0.15) is 12.6 Å². The van der Waals surface area contributed by atoms with Gasteiger partial charge in [0.05, 0.1) is 13.2 Å². The van der Waals surface area contributed by atoms with Crippen LogP contribution in [0.1, 0.15) is 91.5 Å². The second-order valence-corrected chi connectivity index (χ2v) is 10.8. The molecule has 1 amide bonds. The zero-order valence-electron chi connectivity index (χ0n) is 29.6. The Labute approximate surface area is 278 Å². The molecule has 0 aliphatic heterocycles. The fourth-order valence-corrected chi connectivity index (χ4v) is 5.13. The summed E-state index contributed by atoms with van der Waals surface area (Å²) in [5.41, 5.74) is 2.77. The van der Waals surface area contributed by atoms with E-state index < -0.39 is 0 Å². The summed E-state index contributed by atoms with van der Waals surface area (Å²) in [7, 11) is 1.75. The van der Waals surface area contributed by atoms with Gasteiger partial charge in [0.15, 0.2) is 0 Å². The van der Waals surface area contributed by atoms with Crippen LogP contribution in [0, 0.1) is 30.6 Å². The number of aldehydes is 2. The average Bonchev–Trinajstić information content (AvgIpc) is 3.10. The van der Waals surface area contributed by atoms with Gasteiger partial charge in [-0.3, -0.25) is 10.1 Å². The number of hydrogen-bond donors (Lipinski definition) is 2. The summed E-state index contributed by atoms with van der Waals surface area (Å²) in [6, 6.07) is 6.04. The first-order valence-electron chi connectivity index (χ1n) is 16.8. The number of methoxy groups -OCH3 is 1. The van der Waals surface area contributed by atoms with Crippen molar-refractivity contribution in [3.63, 3.8) is 0 Å². The third-order valence-electron chi connectivity index (χ3n) is 7.58. The zero-order chi connectivity index (χ0) is 35.2. The van der Waals surface area contributed by atoms with Crippen LogP contribution in [0.3, 0.4) is 0 Å². The van der Waals surface area contributed by atoms with E-state index in [2.05, 4.69) is 23.8 Å². The van der Waals surface area contributed by atoms with Crippen molar-refractivity contribution in [3.8, 4) is 0 Å². The smallest absolute Gasteiger partial charge is 0.411 e. The summed E-state index contributed by atoms with van der Waals surface area (Å²) in [6.45, 7) is 20.6. The van der Waals surface area contributed by atoms with Crippen LogP contribution >= 0.6 is 0 Å². The van der Waals surface area contributed by atoms with E-state index in [9.17, 15) is 9.59 Å². The molecule has 9 heteroatoms. The first-order valence-corrected chi connectivity index (χ1v) is 16.8. The number of anilines is 2. The van der Waals surface area contributed by atoms with E-state index in [1.807, 2.05) is 52.8 Å². The maximum absolute atomic E-state index is 12.4. The molecule has 0 spiro atoms. The minimum Gasteiger partial charge on any atom is -0.462 e.